The summed E-state index contributed by atoms with van der Waals surface area (Å²) in [5, 5.41) is 2.80. The van der Waals surface area contributed by atoms with Gasteiger partial charge in [-0.25, -0.2) is 21.1 Å². The van der Waals surface area contributed by atoms with Crippen molar-refractivity contribution < 1.29 is 21.6 Å². The zero-order valence-electron chi connectivity index (χ0n) is 16.8. The van der Waals surface area contributed by atoms with E-state index < -0.39 is 26.0 Å². The van der Waals surface area contributed by atoms with Gasteiger partial charge in [0, 0.05) is 31.9 Å². The number of rotatable bonds is 7. The summed E-state index contributed by atoms with van der Waals surface area (Å²) in [6, 6.07) is 4.67. The van der Waals surface area contributed by atoms with Crippen LogP contribution in [0, 0.1) is 12.8 Å². The van der Waals surface area contributed by atoms with Crippen LogP contribution in [-0.2, 0) is 24.8 Å². The van der Waals surface area contributed by atoms with Gasteiger partial charge in [-0.3, -0.25) is 4.79 Å². The second kappa shape index (κ2) is 8.89. The molecule has 1 aliphatic heterocycles. The summed E-state index contributed by atoms with van der Waals surface area (Å²) >= 11 is 0. The second-order valence-electron chi connectivity index (χ2n) is 7.02. The Morgan fingerprint density at radius 2 is 1.86 bits per heavy atom. The van der Waals surface area contributed by atoms with Crippen molar-refractivity contribution in [1.82, 2.24) is 8.61 Å². The highest BCUT2D eigenvalue weighted by Crippen LogP contribution is 2.25. The number of nitrogens with one attached hydrogen (secondary N) is 1. The molecule has 1 aromatic rings. The van der Waals surface area contributed by atoms with Gasteiger partial charge in [-0.05, 0) is 37.5 Å². The molecule has 8 nitrogen and oxygen atoms in total. The van der Waals surface area contributed by atoms with Crippen molar-refractivity contribution in [3.05, 3.63) is 23.8 Å². The van der Waals surface area contributed by atoms with Crippen LogP contribution in [0.5, 0.6) is 0 Å². The molecule has 0 saturated carbocycles. The molecule has 0 unspecified atom stereocenters. The van der Waals surface area contributed by atoms with Gasteiger partial charge in [0.2, 0.25) is 26.0 Å². The fourth-order valence-corrected chi connectivity index (χ4v) is 5.70. The summed E-state index contributed by atoms with van der Waals surface area (Å²) in [6.07, 6.45) is 2.34. The maximum Gasteiger partial charge on any atom is 0.243 e. The lowest BCUT2D eigenvalue weighted by Gasteiger charge is -2.30. The highest BCUT2D eigenvalue weighted by molar-refractivity contribution is 7.89. The summed E-state index contributed by atoms with van der Waals surface area (Å²) in [7, 11) is -6.98. The average molecular weight is 432 g/mol. The molecule has 1 fully saturated rings. The van der Waals surface area contributed by atoms with Gasteiger partial charge in [0.15, 0.2) is 0 Å². The van der Waals surface area contributed by atoms with Gasteiger partial charge in [-0.1, -0.05) is 19.9 Å². The van der Waals surface area contributed by atoms with Gasteiger partial charge in [0.05, 0.1) is 17.1 Å². The fraction of sp³-hybridized carbons (Fsp3) is 0.611. The molecule has 1 aromatic carbocycles. The Kier molecular flexibility index (Phi) is 7.24. The van der Waals surface area contributed by atoms with E-state index in [-0.39, 0.29) is 17.3 Å². The van der Waals surface area contributed by atoms with Gasteiger partial charge >= 0.3 is 0 Å². The molecular weight excluding hydrogens is 402 g/mol. The third kappa shape index (κ3) is 5.11. The maximum absolute atomic E-state index is 12.7. The largest absolute Gasteiger partial charge is 0.326 e. The number of anilines is 1. The summed E-state index contributed by atoms with van der Waals surface area (Å²) in [4.78, 5) is 12.8. The number of carbonyl (C=O) groups is 1. The van der Waals surface area contributed by atoms with Crippen molar-refractivity contribution in [3.63, 3.8) is 0 Å². The van der Waals surface area contributed by atoms with Gasteiger partial charge in [0.25, 0.3) is 0 Å². The molecule has 1 amide bonds. The molecule has 0 spiro atoms. The number of carbonyl (C=O) groups excluding carboxylic acids is 1. The maximum atomic E-state index is 12.7. The molecule has 0 aromatic heterocycles. The minimum atomic E-state index is -3.63. The molecule has 0 aliphatic carbocycles. The Morgan fingerprint density at radius 3 is 2.43 bits per heavy atom. The number of benzene rings is 1. The topological polar surface area (TPSA) is 104 Å². The quantitative estimate of drug-likeness (QED) is 0.707. The number of sulfonamides is 2. The summed E-state index contributed by atoms with van der Waals surface area (Å²) in [6.45, 7) is 6.60. The predicted molar refractivity (Wildman–Crippen MR) is 109 cm³/mol. The fourth-order valence-electron chi connectivity index (χ4n) is 3.30. The molecule has 0 radical (unpaired) electrons. The Hall–Kier alpha value is -1.49. The third-order valence-electron chi connectivity index (χ3n) is 5.03. The van der Waals surface area contributed by atoms with Crippen LogP contribution >= 0.6 is 0 Å². The Morgan fingerprint density at radius 1 is 1.21 bits per heavy atom. The Labute approximate surface area is 168 Å². The minimum Gasteiger partial charge on any atom is -0.326 e. The van der Waals surface area contributed by atoms with E-state index >= 15 is 0 Å². The lowest BCUT2D eigenvalue weighted by Crippen LogP contribution is -2.43. The van der Waals surface area contributed by atoms with Gasteiger partial charge in [-0.15, -0.1) is 0 Å². The van der Waals surface area contributed by atoms with Crippen molar-refractivity contribution in [3.8, 4) is 0 Å². The van der Waals surface area contributed by atoms with Crippen molar-refractivity contribution in [1.29, 1.82) is 0 Å². The molecule has 1 atom stereocenters. The second-order valence-corrected chi connectivity index (χ2v) is 10.9. The number of hydrogen-bond donors (Lipinski definition) is 1. The molecule has 1 N–H and O–H groups in total. The lowest BCUT2D eigenvalue weighted by molar-refractivity contribution is -0.120. The monoisotopic (exact) mass is 431 g/mol. The number of amides is 1. The average Bonchev–Trinajstić information content (AvgIpc) is 2.63. The highest BCUT2D eigenvalue weighted by atomic mass is 32.2. The van der Waals surface area contributed by atoms with Crippen molar-refractivity contribution in [2.75, 3.05) is 37.8 Å². The van der Waals surface area contributed by atoms with E-state index in [1.54, 1.807) is 26.8 Å². The van der Waals surface area contributed by atoms with Crippen LogP contribution < -0.4 is 5.32 Å². The van der Waals surface area contributed by atoms with Crippen LogP contribution in [0.3, 0.4) is 0 Å². The molecule has 2 rings (SSSR count). The van der Waals surface area contributed by atoms with E-state index in [4.69, 9.17) is 0 Å². The molecule has 158 valence electrons. The number of piperidine rings is 1. The number of aryl methyl sites for hydroxylation is 1. The molecule has 1 heterocycles. The normalized spacial score (nSPS) is 19.0. The summed E-state index contributed by atoms with van der Waals surface area (Å²) < 4.78 is 51.7. The van der Waals surface area contributed by atoms with Gasteiger partial charge < -0.3 is 5.32 Å². The minimum absolute atomic E-state index is 0.124. The van der Waals surface area contributed by atoms with E-state index in [1.807, 2.05) is 0 Å². The van der Waals surface area contributed by atoms with E-state index in [2.05, 4.69) is 5.32 Å². The molecule has 28 heavy (non-hydrogen) atoms. The first-order valence-electron chi connectivity index (χ1n) is 9.37. The van der Waals surface area contributed by atoms with Crippen LogP contribution in [0.1, 0.15) is 32.3 Å². The summed E-state index contributed by atoms with van der Waals surface area (Å²) in [5.41, 5.74) is 1.16. The highest BCUT2D eigenvalue weighted by Gasteiger charge is 2.30. The van der Waals surface area contributed by atoms with Crippen LogP contribution in [0.25, 0.3) is 0 Å². The van der Waals surface area contributed by atoms with Crippen molar-refractivity contribution in [2.24, 2.45) is 5.92 Å². The van der Waals surface area contributed by atoms with Crippen LogP contribution in [0.2, 0.25) is 0 Å². The zero-order valence-corrected chi connectivity index (χ0v) is 18.4. The van der Waals surface area contributed by atoms with E-state index in [1.165, 1.54) is 20.7 Å². The van der Waals surface area contributed by atoms with Gasteiger partial charge in [-0.2, -0.15) is 4.31 Å². The van der Waals surface area contributed by atoms with E-state index in [0.717, 1.165) is 11.8 Å². The standard InChI is InChI=1S/C18H29N3O5S2/c1-5-20(6-2)28(25,26)16-10-9-14(3)17(12-16)19-18(22)15-8-7-11-21(13-15)27(4,23)24/h9-10,12,15H,5-8,11,13H2,1-4H3,(H,19,22)/t15-/m0/s1. The van der Waals surface area contributed by atoms with E-state index in [0.29, 0.717) is 38.2 Å². The Bertz CT molecular complexity index is 925. The van der Waals surface area contributed by atoms with Crippen LogP contribution in [0.4, 0.5) is 5.69 Å². The molecule has 0 bridgehead atoms. The third-order valence-corrected chi connectivity index (χ3v) is 8.35. The molecular formula is C18H29N3O5S2. The molecule has 1 aliphatic rings. The SMILES string of the molecule is CCN(CC)S(=O)(=O)c1ccc(C)c(NC(=O)[C@H]2CCCN(S(C)(=O)=O)C2)c1. The molecule has 10 heteroatoms. The van der Waals surface area contributed by atoms with E-state index in [9.17, 15) is 21.6 Å². The van der Waals surface area contributed by atoms with Gasteiger partial charge in [0.1, 0.15) is 0 Å². The lowest BCUT2D eigenvalue weighted by atomic mass is 9.98. The van der Waals surface area contributed by atoms with Crippen LogP contribution in [-0.4, -0.2) is 63.8 Å². The van der Waals surface area contributed by atoms with Crippen molar-refractivity contribution in [2.45, 2.75) is 38.5 Å². The van der Waals surface area contributed by atoms with Crippen LogP contribution in [0.15, 0.2) is 23.1 Å². The number of nitrogens with zero attached hydrogens (tertiary/aromatic N) is 2. The smallest absolute Gasteiger partial charge is 0.243 e. The van der Waals surface area contributed by atoms with Crippen molar-refractivity contribution >= 4 is 31.6 Å². The number of hydrogen-bond acceptors (Lipinski definition) is 5. The Balaban J connectivity index is 2.23. The summed E-state index contributed by atoms with van der Waals surface area (Å²) in [5.74, 6) is -0.764. The first-order chi connectivity index (χ1) is 13.0. The zero-order chi connectivity index (χ0) is 21.1. The first-order valence-corrected chi connectivity index (χ1v) is 12.7. The first kappa shape index (κ1) is 22.8. The molecule has 1 saturated heterocycles. The predicted octanol–water partition coefficient (Wildman–Crippen LogP) is 1.64.